The highest BCUT2D eigenvalue weighted by atomic mass is 16.5. The second-order valence-electron chi connectivity index (χ2n) is 5.41. The van der Waals surface area contributed by atoms with Crippen LogP contribution in [0.4, 0.5) is 5.69 Å². The van der Waals surface area contributed by atoms with Crippen molar-refractivity contribution in [2.24, 2.45) is 0 Å². The maximum atomic E-state index is 12.2. The Kier molecular flexibility index (Phi) is 5.55. The first-order valence-corrected chi connectivity index (χ1v) is 7.45. The van der Waals surface area contributed by atoms with E-state index in [1.54, 1.807) is 36.4 Å². The number of aliphatic hydroxyl groups excluding tert-OH is 1. The molecule has 0 aliphatic carbocycles. The predicted octanol–water partition coefficient (Wildman–Crippen LogP) is 1.59. The van der Waals surface area contributed by atoms with Gasteiger partial charge in [0.15, 0.2) is 6.04 Å². The number of nitrogens with two attached hydrogens (primary N) is 1. The van der Waals surface area contributed by atoms with Crippen LogP contribution >= 0.6 is 0 Å². The van der Waals surface area contributed by atoms with Crippen molar-refractivity contribution < 1.29 is 19.4 Å². The number of rotatable bonds is 5. The molecule has 0 aliphatic heterocycles. The van der Waals surface area contributed by atoms with Gasteiger partial charge >= 0.3 is 5.97 Å². The molecule has 0 radical (unpaired) electrons. The average Bonchev–Trinajstić information content (AvgIpc) is 2.59. The summed E-state index contributed by atoms with van der Waals surface area (Å²) in [5, 5.41) is 12.1. The molecule has 2 aromatic rings. The monoisotopic (exact) mass is 328 g/mol. The van der Waals surface area contributed by atoms with Gasteiger partial charge < -0.3 is 20.9 Å². The third-order valence-corrected chi connectivity index (χ3v) is 3.62. The molecule has 6 nitrogen and oxygen atoms in total. The second kappa shape index (κ2) is 7.61. The Morgan fingerprint density at radius 1 is 1.04 bits per heavy atom. The summed E-state index contributed by atoms with van der Waals surface area (Å²) < 4.78 is 4.57. The number of aliphatic hydroxyl groups is 1. The number of hydrogen-bond donors (Lipinski definition) is 3. The number of anilines is 1. The summed E-state index contributed by atoms with van der Waals surface area (Å²) in [5.74, 6) is -1.16. The maximum absolute atomic E-state index is 12.2. The van der Waals surface area contributed by atoms with E-state index in [-0.39, 0.29) is 0 Å². The Bertz CT molecular complexity index is 709. The van der Waals surface area contributed by atoms with Crippen molar-refractivity contribution in [2.75, 3.05) is 12.8 Å². The van der Waals surface area contributed by atoms with E-state index >= 15 is 0 Å². The van der Waals surface area contributed by atoms with Crippen molar-refractivity contribution in [1.82, 2.24) is 5.32 Å². The molecule has 24 heavy (non-hydrogen) atoms. The van der Waals surface area contributed by atoms with Gasteiger partial charge in [0.05, 0.1) is 13.2 Å². The minimum atomic E-state index is -1.11. The zero-order valence-corrected chi connectivity index (χ0v) is 13.5. The third kappa shape index (κ3) is 4.11. The van der Waals surface area contributed by atoms with Crippen LogP contribution in [-0.4, -0.2) is 36.2 Å². The number of amides is 1. The van der Waals surface area contributed by atoms with E-state index in [2.05, 4.69) is 10.1 Å². The molecule has 0 bridgehead atoms. The van der Waals surface area contributed by atoms with Crippen LogP contribution in [0.1, 0.15) is 17.3 Å². The van der Waals surface area contributed by atoms with Gasteiger partial charge in [0.1, 0.15) is 0 Å². The lowest BCUT2D eigenvalue weighted by Crippen LogP contribution is -2.48. The Hall–Kier alpha value is -2.86. The van der Waals surface area contributed by atoms with Gasteiger partial charge in [-0.05, 0) is 42.3 Å². The fourth-order valence-corrected chi connectivity index (χ4v) is 2.22. The molecule has 4 N–H and O–H groups in total. The van der Waals surface area contributed by atoms with E-state index < -0.39 is 24.0 Å². The number of nitrogens with one attached hydrogen (secondary N) is 1. The molecule has 2 rings (SSSR count). The molecule has 126 valence electrons. The molecule has 0 aliphatic rings. The van der Waals surface area contributed by atoms with Gasteiger partial charge in [0.25, 0.3) is 5.91 Å². The fourth-order valence-electron chi connectivity index (χ4n) is 2.22. The molecule has 0 saturated heterocycles. The molecule has 2 aromatic carbocycles. The summed E-state index contributed by atoms with van der Waals surface area (Å²) in [4.78, 5) is 23.8. The zero-order chi connectivity index (χ0) is 17.7. The molecule has 1 amide bonds. The van der Waals surface area contributed by atoms with E-state index in [0.717, 1.165) is 11.1 Å². The summed E-state index contributed by atoms with van der Waals surface area (Å²) in [5.41, 5.74) is 8.64. The number of methoxy groups -OCH3 is 1. The molecule has 0 heterocycles. The van der Waals surface area contributed by atoms with E-state index in [1.807, 2.05) is 12.1 Å². The quantitative estimate of drug-likeness (QED) is 0.571. The van der Waals surface area contributed by atoms with Crippen molar-refractivity contribution in [3.8, 4) is 11.1 Å². The lowest BCUT2D eigenvalue weighted by molar-refractivity contribution is -0.145. The number of carbonyl (C=O) groups excluding carboxylic acids is 2. The Labute approximate surface area is 140 Å². The van der Waals surface area contributed by atoms with E-state index in [4.69, 9.17) is 5.73 Å². The van der Waals surface area contributed by atoms with E-state index in [0.29, 0.717) is 11.3 Å². The molecule has 0 fully saturated rings. The number of benzene rings is 2. The minimum absolute atomic E-state index is 0.378. The number of nitrogen functional groups attached to an aromatic ring is 1. The van der Waals surface area contributed by atoms with Gasteiger partial charge in [-0.1, -0.05) is 24.3 Å². The Morgan fingerprint density at radius 3 is 2.00 bits per heavy atom. The lowest BCUT2D eigenvalue weighted by atomic mass is 10.0. The smallest absolute Gasteiger partial charge is 0.331 e. The molecule has 0 saturated carbocycles. The normalized spacial score (nSPS) is 13.0. The van der Waals surface area contributed by atoms with Crippen LogP contribution in [0.15, 0.2) is 48.5 Å². The summed E-state index contributed by atoms with van der Waals surface area (Å²) in [6.45, 7) is 1.41. The number of ether oxygens (including phenoxy) is 1. The third-order valence-electron chi connectivity index (χ3n) is 3.62. The number of esters is 1. The minimum Gasteiger partial charge on any atom is -0.467 e. The first-order valence-electron chi connectivity index (χ1n) is 7.45. The van der Waals surface area contributed by atoms with Gasteiger partial charge in [-0.15, -0.1) is 0 Å². The maximum Gasteiger partial charge on any atom is 0.331 e. The van der Waals surface area contributed by atoms with Crippen LogP contribution in [0, 0.1) is 0 Å². The standard InChI is InChI=1S/C18H20N2O4/c1-11(21)16(18(23)24-2)20-17(22)14-5-3-12(4-6-14)13-7-9-15(19)10-8-13/h3-11,16,21H,19H2,1-2H3,(H,20,22)/t11-,16-/m0/s1. The van der Waals surface area contributed by atoms with Crippen molar-refractivity contribution >= 4 is 17.6 Å². The summed E-state index contributed by atoms with van der Waals surface area (Å²) >= 11 is 0. The molecular weight excluding hydrogens is 308 g/mol. The molecule has 0 unspecified atom stereocenters. The number of hydrogen-bond acceptors (Lipinski definition) is 5. The van der Waals surface area contributed by atoms with E-state index in [1.165, 1.54) is 14.0 Å². The highest BCUT2D eigenvalue weighted by Crippen LogP contribution is 2.21. The number of carbonyl (C=O) groups is 2. The zero-order valence-electron chi connectivity index (χ0n) is 13.5. The summed E-state index contributed by atoms with van der Waals surface area (Å²) in [6.07, 6.45) is -1.06. The first-order chi connectivity index (χ1) is 11.4. The Balaban J connectivity index is 2.13. The van der Waals surface area contributed by atoms with Crippen molar-refractivity contribution in [1.29, 1.82) is 0 Å². The molecule has 0 spiro atoms. The van der Waals surface area contributed by atoms with Crippen molar-refractivity contribution in [2.45, 2.75) is 19.1 Å². The van der Waals surface area contributed by atoms with E-state index in [9.17, 15) is 14.7 Å². The Morgan fingerprint density at radius 2 is 1.54 bits per heavy atom. The van der Waals surface area contributed by atoms with Crippen LogP contribution in [0.25, 0.3) is 11.1 Å². The SMILES string of the molecule is COC(=O)[C@@H](NC(=O)c1ccc(-c2ccc(N)cc2)cc1)[C@H](C)O. The summed E-state index contributed by atoms with van der Waals surface area (Å²) in [6, 6.07) is 13.2. The second-order valence-corrected chi connectivity index (χ2v) is 5.41. The summed E-state index contributed by atoms with van der Waals surface area (Å²) in [7, 11) is 1.20. The van der Waals surface area contributed by atoms with Gasteiger partial charge in [0.2, 0.25) is 0 Å². The largest absolute Gasteiger partial charge is 0.467 e. The van der Waals surface area contributed by atoms with Crippen molar-refractivity contribution in [3.63, 3.8) is 0 Å². The molecule has 0 aromatic heterocycles. The highest BCUT2D eigenvalue weighted by molar-refractivity contribution is 5.97. The van der Waals surface area contributed by atoms with Crippen molar-refractivity contribution in [3.05, 3.63) is 54.1 Å². The van der Waals surface area contributed by atoms with Gasteiger partial charge in [-0.2, -0.15) is 0 Å². The van der Waals surface area contributed by atoms with Gasteiger partial charge in [-0.3, -0.25) is 4.79 Å². The molecule has 2 atom stereocenters. The van der Waals surface area contributed by atoms with Crippen LogP contribution in [0.5, 0.6) is 0 Å². The van der Waals surface area contributed by atoms with Crippen LogP contribution in [0.2, 0.25) is 0 Å². The fraction of sp³-hybridized carbons (Fsp3) is 0.222. The topological polar surface area (TPSA) is 102 Å². The highest BCUT2D eigenvalue weighted by Gasteiger charge is 2.26. The van der Waals surface area contributed by atoms with Gasteiger partial charge in [0, 0.05) is 11.3 Å². The first kappa shape index (κ1) is 17.5. The predicted molar refractivity (Wildman–Crippen MR) is 91.2 cm³/mol. The average molecular weight is 328 g/mol. The molecule has 6 heteroatoms. The van der Waals surface area contributed by atoms with Crippen LogP contribution in [0.3, 0.4) is 0 Å². The van der Waals surface area contributed by atoms with Gasteiger partial charge in [-0.25, -0.2) is 4.79 Å². The molecular formula is C18H20N2O4. The van der Waals surface area contributed by atoms with Crippen LogP contribution in [-0.2, 0) is 9.53 Å². The van der Waals surface area contributed by atoms with Crippen LogP contribution < -0.4 is 11.1 Å². The lowest BCUT2D eigenvalue weighted by Gasteiger charge is -2.19.